The van der Waals surface area contributed by atoms with Gasteiger partial charge in [-0.1, -0.05) is 23.8 Å². The van der Waals surface area contributed by atoms with E-state index in [0.29, 0.717) is 22.8 Å². The van der Waals surface area contributed by atoms with Gasteiger partial charge < -0.3 is 14.8 Å². The molecule has 0 bridgehead atoms. The Morgan fingerprint density at radius 3 is 2.57 bits per heavy atom. The number of benzene rings is 2. The molecular formula is C27H22N4O4. The second kappa shape index (κ2) is 9.93. The summed E-state index contributed by atoms with van der Waals surface area (Å²) < 4.78 is 12.5. The molecule has 4 aromatic rings. The molecule has 0 saturated heterocycles. The number of hydrogen-bond acceptors (Lipinski definition) is 6. The van der Waals surface area contributed by atoms with Crippen LogP contribution in [0.2, 0.25) is 0 Å². The number of aromatic nitrogens is 2. The Kier molecular flexibility index (Phi) is 6.60. The summed E-state index contributed by atoms with van der Waals surface area (Å²) in [6, 6.07) is 19.3. The molecule has 0 radical (unpaired) electrons. The van der Waals surface area contributed by atoms with Gasteiger partial charge in [-0.25, -0.2) is 0 Å². The number of aryl methyl sites for hydroxylation is 2. The van der Waals surface area contributed by atoms with Crippen LogP contribution in [-0.4, -0.2) is 22.4 Å². The number of hydrogen-bond donors (Lipinski definition) is 1. The highest BCUT2D eigenvalue weighted by Gasteiger charge is 2.18. The quantitative estimate of drug-likeness (QED) is 0.327. The summed E-state index contributed by atoms with van der Waals surface area (Å²) in [5.74, 6) is 0.465. The van der Waals surface area contributed by atoms with Crippen LogP contribution >= 0.6 is 0 Å². The molecule has 2 aromatic carbocycles. The average molecular weight is 466 g/mol. The van der Waals surface area contributed by atoms with Gasteiger partial charge in [0.25, 0.3) is 11.5 Å². The lowest BCUT2D eigenvalue weighted by molar-refractivity contribution is -0.112. The molecule has 1 amide bonds. The summed E-state index contributed by atoms with van der Waals surface area (Å²) >= 11 is 0. The van der Waals surface area contributed by atoms with Gasteiger partial charge in [-0.2, -0.15) is 10.2 Å². The average Bonchev–Trinajstić information content (AvgIpc) is 2.86. The Balaban J connectivity index is 1.78. The molecular weight excluding hydrogens is 444 g/mol. The number of amides is 1. The lowest BCUT2D eigenvalue weighted by Crippen LogP contribution is -2.20. The van der Waals surface area contributed by atoms with Crippen molar-refractivity contribution in [2.45, 2.75) is 13.8 Å². The van der Waals surface area contributed by atoms with E-state index in [-0.39, 0.29) is 17.0 Å². The molecule has 1 N–H and O–H groups in total. The minimum Gasteiger partial charge on any atom is -0.497 e. The molecule has 2 aromatic heterocycles. The maximum absolute atomic E-state index is 13.3. The van der Waals surface area contributed by atoms with E-state index in [1.807, 2.05) is 32.0 Å². The number of nitriles is 1. The van der Waals surface area contributed by atoms with Crippen molar-refractivity contribution in [2.24, 2.45) is 0 Å². The van der Waals surface area contributed by atoms with Crippen molar-refractivity contribution in [3.05, 3.63) is 99.5 Å². The summed E-state index contributed by atoms with van der Waals surface area (Å²) in [5.41, 5.74) is 1.99. The van der Waals surface area contributed by atoms with Gasteiger partial charge in [0.1, 0.15) is 34.4 Å². The number of nitrogens with zero attached hydrogens (tertiary/aromatic N) is 3. The third-order valence-electron chi connectivity index (χ3n) is 5.27. The fourth-order valence-corrected chi connectivity index (χ4v) is 3.47. The summed E-state index contributed by atoms with van der Waals surface area (Å²) in [6.45, 7) is 3.85. The molecule has 0 spiro atoms. The van der Waals surface area contributed by atoms with Crippen LogP contribution in [0.1, 0.15) is 16.7 Å². The van der Waals surface area contributed by atoms with Crippen LogP contribution < -0.4 is 20.3 Å². The molecule has 0 unspecified atom stereocenters. The van der Waals surface area contributed by atoms with Gasteiger partial charge in [-0.15, -0.1) is 0 Å². The minimum absolute atomic E-state index is 0.00171. The molecule has 0 aliphatic heterocycles. The van der Waals surface area contributed by atoms with Crippen LogP contribution in [0.3, 0.4) is 0 Å². The highest BCUT2D eigenvalue weighted by molar-refractivity contribution is 6.09. The molecule has 2 heterocycles. The monoisotopic (exact) mass is 466 g/mol. The fraction of sp³-hybridized carbons (Fsp3) is 0.111. The molecule has 8 nitrogen and oxygen atoms in total. The third-order valence-corrected chi connectivity index (χ3v) is 5.27. The topological polar surface area (TPSA) is 106 Å². The molecule has 35 heavy (non-hydrogen) atoms. The van der Waals surface area contributed by atoms with Crippen molar-refractivity contribution in [3.63, 3.8) is 0 Å². The van der Waals surface area contributed by atoms with E-state index in [1.54, 1.807) is 54.7 Å². The van der Waals surface area contributed by atoms with Crippen molar-refractivity contribution >= 4 is 23.3 Å². The van der Waals surface area contributed by atoms with E-state index in [2.05, 4.69) is 10.3 Å². The molecule has 174 valence electrons. The Labute approximate surface area is 201 Å². The van der Waals surface area contributed by atoms with Gasteiger partial charge in [0.2, 0.25) is 5.88 Å². The number of ether oxygens (including phenoxy) is 2. The molecule has 0 aliphatic carbocycles. The Bertz CT molecular complexity index is 1550. The van der Waals surface area contributed by atoms with Crippen LogP contribution in [0.25, 0.3) is 11.7 Å². The molecule has 0 atom stereocenters. The number of rotatable bonds is 6. The molecule has 0 aliphatic rings. The number of fused-ring (bicyclic) bond motifs is 1. The summed E-state index contributed by atoms with van der Waals surface area (Å²) in [4.78, 5) is 30.6. The third kappa shape index (κ3) is 5.04. The first kappa shape index (κ1) is 23.3. The van der Waals surface area contributed by atoms with E-state index in [1.165, 1.54) is 17.6 Å². The number of pyridine rings is 1. The van der Waals surface area contributed by atoms with Gasteiger partial charge in [-0.3, -0.25) is 14.0 Å². The molecule has 4 rings (SSSR count). The summed E-state index contributed by atoms with van der Waals surface area (Å²) in [5, 5.41) is 12.4. The van der Waals surface area contributed by atoms with E-state index in [0.717, 1.165) is 11.1 Å². The summed E-state index contributed by atoms with van der Waals surface area (Å²) in [6.07, 6.45) is 2.76. The first-order valence-corrected chi connectivity index (χ1v) is 10.7. The first-order chi connectivity index (χ1) is 16.9. The minimum atomic E-state index is -0.673. The van der Waals surface area contributed by atoms with Crippen LogP contribution in [0.5, 0.6) is 17.4 Å². The van der Waals surface area contributed by atoms with Crippen molar-refractivity contribution < 1.29 is 14.3 Å². The first-order valence-electron chi connectivity index (χ1n) is 10.7. The maximum Gasteiger partial charge on any atom is 0.269 e. The second-order valence-electron chi connectivity index (χ2n) is 7.79. The highest BCUT2D eigenvalue weighted by atomic mass is 16.5. The van der Waals surface area contributed by atoms with E-state index >= 15 is 0 Å². The van der Waals surface area contributed by atoms with Crippen molar-refractivity contribution in [3.8, 4) is 23.4 Å². The maximum atomic E-state index is 13.3. The Hall–Kier alpha value is -4.90. The number of anilines is 1. The largest absolute Gasteiger partial charge is 0.497 e. The number of carbonyl (C=O) groups is 1. The zero-order chi connectivity index (χ0) is 24.9. The second-order valence-corrected chi connectivity index (χ2v) is 7.79. The van der Waals surface area contributed by atoms with Gasteiger partial charge in [0, 0.05) is 11.9 Å². The van der Waals surface area contributed by atoms with Gasteiger partial charge >= 0.3 is 0 Å². The standard InChI is InChI=1S/C27H22N4O4/c1-17-7-12-23(18(2)14-17)35-26-22(27(33)31-13-5-4-6-24(31)30-26)15-19(16-28)25(32)29-20-8-10-21(34-3)11-9-20/h4-15H,1-3H3,(H,29,32)/b19-15+. The summed E-state index contributed by atoms with van der Waals surface area (Å²) in [7, 11) is 1.54. The highest BCUT2D eigenvalue weighted by Crippen LogP contribution is 2.27. The molecule has 0 fully saturated rings. The zero-order valence-corrected chi connectivity index (χ0v) is 19.4. The normalized spacial score (nSPS) is 11.1. The lowest BCUT2D eigenvalue weighted by Gasteiger charge is -2.12. The van der Waals surface area contributed by atoms with Crippen molar-refractivity contribution in [2.75, 3.05) is 12.4 Å². The predicted molar refractivity (Wildman–Crippen MR) is 133 cm³/mol. The number of nitrogens with one attached hydrogen (secondary N) is 1. The molecule has 0 saturated carbocycles. The van der Waals surface area contributed by atoms with E-state index < -0.39 is 11.5 Å². The lowest BCUT2D eigenvalue weighted by atomic mass is 10.1. The Morgan fingerprint density at radius 2 is 1.89 bits per heavy atom. The van der Waals surface area contributed by atoms with Crippen molar-refractivity contribution in [1.82, 2.24) is 9.38 Å². The van der Waals surface area contributed by atoms with Crippen molar-refractivity contribution in [1.29, 1.82) is 5.26 Å². The number of methoxy groups -OCH3 is 1. The molecule has 8 heteroatoms. The number of carbonyl (C=O) groups excluding carboxylic acids is 1. The van der Waals surface area contributed by atoms with E-state index in [9.17, 15) is 14.9 Å². The smallest absolute Gasteiger partial charge is 0.269 e. The zero-order valence-electron chi connectivity index (χ0n) is 19.4. The van der Waals surface area contributed by atoms with Gasteiger partial charge in [0.15, 0.2) is 0 Å². The van der Waals surface area contributed by atoms with Crippen LogP contribution in [0.15, 0.2) is 77.2 Å². The van der Waals surface area contributed by atoms with Gasteiger partial charge in [0.05, 0.1) is 7.11 Å². The van der Waals surface area contributed by atoms with Gasteiger partial charge in [-0.05, 0) is 68.0 Å². The SMILES string of the molecule is COc1ccc(NC(=O)/C(C#N)=C/c2c(Oc3ccc(C)cc3C)nc3ccccn3c2=O)cc1. The fourth-order valence-electron chi connectivity index (χ4n) is 3.47. The predicted octanol–water partition coefficient (Wildman–Crippen LogP) is 4.66. The van der Waals surface area contributed by atoms with Crippen LogP contribution in [0.4, 0.5) is 5.69 Å². The Morgan fingerprint density at radius 1 is 1.11 bits per heavy atom. The van der Waals surface area contributed by atoms with Crippen LogP contribution in [-0.2, 0) is 4.79 Å². The van der Waals surface area contributed by atoms with Crippen LogP contribution in [0, 0.1) is 25.2 Å². The van der Waals surface area contributed by atoms with E-state index in [4.69, 9.17) is 9.47 Å².